The summed E-state index contributed by atoms with van der Waals surface area (Å²) in [6.07, 6.45) is 4.92. The maximum absolute atomic E-state index is 13.1. The Morgan fingerprint density at radius 1 is 1.12 bits per heavy atom. The first kappa shape index (κ1) is 23.5. The van der Waals surface area contributed by atoms with Gasteiger partial charge in [0.1, 0.15) is 11.5 Å². The molecule has 2 aromatic rings. The van der Waals surface area contributed by atoms with Crippen molar-refractivity contribution in [3.63, 3.8) is 0 Å². The third kappa shape index (κ3) is 4.54. The van der Waals surface area contributed by atoms with Crippen LogP contribution < -0.4 is 4.74 Å². The van der Waals surface area contributed by atoms with Crippen molar-refractivity contribution in [1.29, 1.82) is 0 Å². The van der Waals surface area contributed by atoms with Crippen molar-refractivity contribution in [2.75, 3.05) is 13.2 Å². The number of aliphatic hydroxyl groups excluding tert-OH is 1. The molecule has 1 amide bonds. The third-order valence-electron chi connectivity index (χ3n) is 5.68. The molecule has 6 nitrogen and oxygen atoms in total. The fourth-order valence-electron chi connectivity index (χ4n) is 4.03. The Hall–Kier alpha value is -3.15. The van der Waals surface area contributed by atoms with Crippen LogP contribution in [0, 0.1) is 0 Å². The SMILES string of the molecule is CCCCN1C(=O)C(=O)/C(=C(\O)c2ccc(OCC)c(C(C)(C)C)c2)C1c1ccncc1. The van der Waals surface area contributed by atoms with Crippen LogP contribution in [0.1, 0.15) is 70.2 Å². The van der Waals surface area contributed by atoms with Gasteiger partial charge in [0.25, 0.3) is 11.7 Å². The first-order valence-electron chi connectivity index (χ1n) is 11.2. The monoisotopic (exact) mass is 436 g/mol. The van der Waals surface area contributed by atoms with Crippen LogP contribution in [-0.2, 0) is 15.0 Å². The lowest BCUT2D eigenvalue weighted by Crippen LogP contribution is -2.30. The molecule has 1 fully saturated rings. The Kier molecular flexibility index (Phi) is 7.02. The number of benzene rings is 1. The Labute approximate surface area is 189 Å². The number of pyridine rings is 1. The maximum Gasteiger partial charge on any atom is 0.295 e. The quantitative estimate of drug-likeness (QED) is 0.375. The molecule has 1 saturated heterocycles. The minimum absolute atomic E-state index is 0.112. The van der Waals surface area contributed by atoms with Crippen LogP contribution in [0.25, 0.3) is 5.76 Å². The van der Waals surface area contributed by atoms with Crippen molar-refractivity contribution in [2.24, 2.45) is 0 Å². The largest absolute Gasteiger partial charge is 0.507 e. The molecule has 1 aromatic heterocycles. The van der Waals surface area contributed by atoms with Gasteiger partial charge in [0.05, 0.1) is 18.2 Å². The first-order chi connectivity index (χ1) is 15.2. The van der Waals surface area contributed by atoms with E-state index in [1.54, 1.807) is 35.5 Å². The number of nitrogens with zero attached hydrogens (tertiary/aromatic N) is 2. The number of amides is 1. The van der Waals surface area contributed by atoms with E-state index >= 15 is 0 Å². The highest BCUT2D eigenvalue weighted by atomic mass is 16.5. The van der Waals surface area contributed by atoms with Crippen molar-refractivity contribution in [2.45, 2.75) is 58.9 Å². The van der Waals surface area contributed by atoms with Crippen LogP contribution in [0.5, 0.6) is 5.75 Å². The van der Waals surface area contributed by atoms with Crippen LogP contribution in [0.2, 0.25) is 0 Å². The van der Waals surface area contributed by atoms with E-state index in [1.807, 2.05) is 26.0 Å². The number of rotatable bonds is 7. The molecular weight excluding hydrogens is 404 g/mol. The summed E-state index contributed by atoms with van der Waals surface area (Å²) in [6.45, 7) is 11.1. The zero-order valence-corrected chi connectivity index (χ0v) is 19.5. The molecule has 1 unspecified atom stereocenters. The van der Waals surface area contributed by atoms with Crippen LogP contribution in [0.4, 0.5) is 0 Å². The van der Waals surface area contributed by atoms with E-state index in [-0.39, 0.29) is 16.7 Å². The topological polar surface area (TPSA) is 79.7 Å². The molecule has 1 aromatic carbocycles. The summed E-state index contributed by atoms with van der Waals surface area (Å²) in [5, 5.41) is 11.3. The molecule has 6 heteroatoms. The van der Waals surface area contributed by atoms with E-state index in [9.17, 15) is 14.7 Å². The standard InChI is InChI=1S/C26H32N2O4/c1-6-8-15-28-22(17-11-13-27-14-12-17)21(24(30)25(28)31)23(29)18-9-10-20(32-7-2)19(16-18)26(3,4)5/h9-14,16,22,29H,6-8,15H2,1-5H3/b23-21-. The molecule has 1 aliphatic heterocycles. The number of aliphatic hydroxyl groups is 1. The minimum Gasteiger partial charge on any atom is -0.507 e. The molecular formula is C26H32N2O4. The molecule has 0 bridgehead atoms. The van der Waals surface area contributed by atoms with Gasteiger partial charge in [-0.3, -0.25) is 14.6 Å². The predicted octanol–water partition coefficient (Wildman–Crippen LogP) is 5.00. The van der Waals surface area contributed by atoms with Gasteiger partial charge in [-0.15, -0.1) is 0 Å². The number of unbranched alkanes of at least 4 members (excludes halogenated alkanes) is 1. The van der Waals surface area contributed by atoms with Gasteiger partial charge in [0.15, 0.2) is 0 Å². The lowest BCUT2D eigenvalue weighted by atomic mass is 9.84. The fourth-order valence-corrected chi connectivity index (χ4v) is 4.03. The fraction of sp³-hybridized carbons (Fsp3) is 0.423. The molecule has 2 heterocycles. The van der Waals surface area contributed by atoms with Crippen LogP contribution in [-0.4, -0.2) is 39.8 Å². The molecule has 1 atom stereocenters. The smallest absolute Gasteiger partial charge is 0.295 e. The van der Waals surface area contributed by atoms with E-state index in [0.29, 0.717) is 18.7 Å². The van der Waals surface area contributed by atoms with Crippen LogP contribution in [0.3, 0.4) is 0 Å². The Morgan fingerprint density at radius 2 is 1.81 bits per heavy atom. The molecule has 1 aliphatic rings. The molecule has 0 spiro atoms. The molecule has 0 aliphatic carbocycles. The van der Waals surface area contributed by atoms with Gasteiger partial charge in [-0.1, -0.05) is 34.1 Å². The van der Waals surface area contributed by atoms with Gasteiger partial charge in [-0.25, -0.2) is 0 Å². The van der Waals surface area contributed by atoms with Gasteiger partial charge >= 0.3 is 0 Å². The number of carbonyl (C=O) groups is 2. The molecule has 1 N–H and O–H groups in total. The number of ketones is 1. The summed E-state index contributed by atoms with van der Waals surface area (Å²) in [5.74, 6) is -0.668. The average molecular weight is 437 g/mol. The van der Waals surface area contributed by atoms with Crippen molar-refractivity contribution < 1.29 is 19.4 Å². The zero-order valence-electron chi connectivity index (χ0n) is 19.5. The van der Waals surface area contributed by atoms with Gasteiger partial charge in [0, 0.05) is 30.1 Å². The second kappa shape index (κ2) is 9.55. The maximum atomic E-state index is 13.1. The number of ether oxygens (including phenoxy) is 1. The highest BCUT2D eigenvalue weighted by Gasteiger charge is 2.45. The van der Waals surface area contributed by atoms with Crippen molar-refractivity contribution >= 4 is 17.4 Å². The summed E-state index contributed by atoms with van der Waals surface area (Å²) in [6, 6.07) is 8.31. The van der Waals surface area contributed by atoms with E-state index in [2.05, 4.69) is 25.8 Å². The summed E-state index contributed by atoms with van der Waals surface area (Å²) in [7, 11) is 0. The average Bonchev–Trinajstić information content (AvgIpc) is 3.02. The third-order valence-corrected chi connectivity index (χ3v) is 5.68. The van der Waals surface area contributed by atoms with E-state index < -0.39 is 17.7 Å². The number of likely N-dealkylation sites (tertiary alicyclic amines) is 1. The Bertz CT molecular complexity index is 1020. The van der Waals surface area contributed by atoms with Gasteiger partial charge < -0.3 is 14.7 Å². The highest BCUT2D eigenvalue weighted by Crippen LogP contribution is 2.41. The lowest BCUT2D eigenvalue weighted by Gasteiger charge is -2.26. The van der Waals surface area contributed by atoms with E-state index in [4.69, 9.17) is 4.74 Å². The van der Waals surface area contributed by atoms with Crippen LogP contribution in [0.15, 0.2) is 48.3 Å². The second-order valence-corrected chi connectivity index (χ2v) is 9.02. The van der Waals surface area contributed by atoms with Crippen LogP contribution >= 0.6 is 0 Å². The first-order valence-corrected chi connectivity index (χ1v) is 11.2. The van der Waals surface area contributed by atoms with Gasteiger partial charge in [-0.2, -0.15) is 0 Å². The van der Waals surface area contributed by atoms with Crippen molar-refractivity contribution in [3.8, 4) is 5.75 Å². The number of aromatic nitrogens is 1. The summed E-state index contributed by atoms with van der Waals surface area (Å²) < 4.78 is 5.78. The summed E-state index contributed by atoms with van der Waals surface area (Å²) in [5.41, 5.74) is 2.04. The molecule has 3 rings (SSSR count). The lowest BCUT2D eigenvalue weighted by molar-refractivity contribution is -0.139. The highest BCUT2D eigenvalue weighted by molar-refractivity contribution is 6.46. The second-order valence-electron chi connectivity index (χ2n) is 9.02. The number of Topliss-reactive ketones (excluding diaryl/α,β-unsaturated/α-hetero) is 1. The van der Waals surface area contributed by atoms with Gasteiger partial charge in [-0.05, 0) is 54.7 Å². The predicted molar refractivity (Wildman–Crippen MR) is 124 cm³/mol. The molecule has 32 heavy (non-hydrogen) atoms. The Balaban J connectivity index is 2.18. The number of hydrogen-bond acceptors (Lipinski definition) is 5. The minimum atomic E-state index is -0.661. The molecule has 0 saturated carbocycles. The summed E-state index contributed by atoms with van der Waals surface area (Å²) in [4.78, 5) is 31.6. The molecule has 0 radical (unpaired) electrons. The Morgan fingerprint density at radius 3 is 2.41 bits per heavy atom. The van der Waals surface area contributed by atoms with Crippen molar-refractivity contribution in [1.82, 2.24) is 9.88 Å². The van der Waals surface area contributed by atoms with E-state index in [0.717, 1.165) is 29.7 Å². The summed E-state index contributed by atoms with van der Waals surface area (Å²) >= 11 is 0. The van der Waals surface area contributed by atoms with E-state index in [1.165, 1.54) is 0 Å². The number of hydrogen-bond donors (Lipinski definition) is 1. The normalized spacial score (nSPS) is 18.3. The van der Waals surface area contributed by atoms with Gasteiger partial charge in [0.2, 0.25) is 0 Å². The van der Waals surface area contributed by atoms with Crippen molar-refractivity contribution in [3.05, 3.63) is 65.0 Å². The number of carbonyl (C=O) groups excluding carboxylic acids is 2. The molecule has 170 valence electrons. The zero-order chi connectivity index (χ0) is 23.5.